The van der Waals surface area contributed by atoms with Crippen molar-refractivity contribution in [1.29, 1.82) is 0 Å². The number of rotatable bonds is 7. The molecular formula is C24H23NO4S. The summed E-state index contributed by atoms with van der Waals surface area (Å²) in [6.45, 7) is 0. The van der Waals surface area contributed by atoms with Crippen molar-refractivity contribution in [2.24, 2.45) is 0 Å². The average Bonchev–Trinajstić information content (AvgIpc) is 3.16. The summed E-state index contributed by atoms with van der Waals surface area (Å²) in [6.07, 6.45) is 0. The van der Waals surface area contributed by atoms with E-state index in [1.165, 1.54) is 0 Å². The van der Waals surface area contributed by atoms with Gasteiger partial charge >= 0.3 is 0 Å². The van der Waals surface area contributed by atoms with Gasteiger partial charge in [-0.05, 0) is 29.8 Å². The summed E-state index contributed by atoms with van der Waals surface area (Å²) in [5.41, 5.74) is 3.18. The molecule has 30 heavy (non-hydrogen) atoms. The molecule has 0 aliphatic heterocycles. The quantitative estimate of drug-likeness (QED) is 0.395. The van der Waals surface area contributed by atoms with E-state index in [1.54, 1.807) is 40.2 Å². The molecule has 4 aromatic rings. The van der Waals surface area contributed by atoms with Crippen LogP contribution in [0, 0.1) is 0 Å². The zero-order chi connectivity index (χ0) is 21.1. The second-order valence-electron chi connectivity index (χ2n) is 6.57. The van der Waals surface area contributed by atoms with Gasteiger partial charge in [0.1, 0.15) is 5.75 Å². The van der Waals surface area contributed by atoms with E-state index < -0.39 is 0 Å². The SMILES string of the molecule is COc1ccc2c(Sc3cc(OC)c(OC)c(OC)c3)c(-c3ccccc3)[nH]c2c1. The molecule has 0 bridgehead atoms. The number of aromatic nitrogens is 1. The molecule has 3 aromatic carbocycles. The lowest BCUT2D eigenvalue weighted by Crippen LogP contribution is -1.95. The predicted molar refractivity (Wildman–Crippen MR) is 121 cm³/mol. The highest BCUT2D eigenvalue weighted by atomic mass is 32.2. The Kier molecular flexibility index (Phi) is 5.77. The fourth-order valence-electron chi connectivity index (χ4n) is 3.43. The van der Waals surface area contributed by atoms with Crippen molar-refractivity contribution in [3.05, 3.63) is 60.7 Å². The summed E-state index contributed by atoms with van der Waals surface area (Å²) in [5.74, 6) is 2.65. The van der Waals surface area contributed by atoms with Crippen molar-refractivity contribution in [3.8, 4) is 34.3 Å². The molecule has 6 heteroatoms. The first kappa shape index (κ1) is 20.0. The highest BCUT2D eigenvalue weighted by Gasteiger charge is 2.18. The van der Waals surface area contributed by atoms with Crippen LogP contribution in [0.5, 0.6) is 23.0 Å². The number of H-pyrrole nitrogens is 1. The lowest BCUT2D eigenvalue weighted by Gasteiger charge is -2.14. The van der Waals surface area contributed by atoms with Crippen molar-refractivity contribution in [2.45, 2.75) is 9.79 Å². The van der Waals surface area contributed by atoms with Gasteiger partial charge in [-0.1, -0.05) is 42.1 Å². The molecule has 0 spiro atoms. The standard InChI is InChI=1S/C24H23NO4S/c1-26-16-10-11-18-19(12-16)25-22(15-8-6-5-7-9-15)24(18)30-17-13-20(27-2)23(29-4)21(14-17)28-3/h5-14,25H,1-4H3. The molecule has 154 valence electrons. The van der Waals surface area contributed by atoms with Crippen molar-refractivity contribution < 1.29 is 18.9 Å². The Morgan fingerprint density at radius 3 is 2.03 bits per heavy atom. The van der Waals surface area contributed by atoms with Gasteiger partial charge in [0.15, 0.2) is 11.5 Å². The lowest BCUT2D eigenvalue weighted by atomic mass is 10.1. The molecule has 0 unspecified atom stereocenters. The summed E-state index contributed by atoms with van der Waals surface area (Å²) in [5, 5.41) is 1.12. The van der Waals surface area contributed by atoms with E-state index in [0.29, 0.717) is 17.2 Å². The second-order valence-corrected chi connectivity index (χ2v) is 7.65. The minimum Gasteiger partial charge on any atom is -0.497 e. The summed E-state index contributed by atoms with van der Waals surface area (Å²) < 4.78 is 21.9. The van der Waals surface area contributed by atoms with E-state index in [0.717, 1.165) is 37.7 Å². The third-order valence-corrected chi connectivity index (χ3v) is 5.98. The van der Waals surface area contributed by atoms with Gasteiger partial charge in [-0.25, -0.2) is 0 Å². The lowest BCUT2D eigenvalue weighted by molar-refractivity contribution is 0.323. The van der Waals surface area contributed by atoms with Crippen LogP contribution in [0.15, 0.2) is 70.5 Å². The number of methoxy groups -OCH3 is 4. The number of hydrogen-bond donors (Lipinski definition) is 1. The zero-order valence-electron chi connectivity index (χ0n) is 17.3. The van der Waals surface area contributed by atoms with Crippen LogP contribution >= 0.6 is 11.8 Å². The number of ether oxygens (including phenoxy) is 4. The molecule has 4 rings (SSSR count). The van der Waals surface area contributed by atoms with Crippen LogP contribution in [0.2, 0.25) is 0 Å². The molecule has 0 saturated carbocycles. The number of nitrogens with one attached hydrogen (secondary N) is 1. The largest absolute Gasteiger partial charge is 0.497 e. The van der Waals surface area contributed by atoms with Crippen LogP contribution in [-0.2, 0) is 0 Å². The molecular weight excluding hydrogens is 398 g/mol. The molecule has 1 heterocycles. The van der Waals surface area contributed by atoms with Crippen molar-refractivity contribution in [3.63, 3.8) is 0 Å². The Morgan fingerprint density at radius 2 is 1.43 bits per heavy atom. The van der Waals surface area contributed by atoms with Gasteiger partial charge in [0.2, 0.25) is 5.75 Å². The van der Waals surface area contributed by atoms with Gasteiger partial charge < -0.3 is 23.9 Å². The molecule has 1 N–H and O–H groups in total. The molecule has 0 fully saturated rings. The monoisotopic (exact) mass is 421 g/mol. The zero-order valence-corrected chi connectivity index (χ0v) is 18.1. The first-order valence-corrected chi connectivity index (χ1v) is 10.2. The molecule has 0 aliphatic carbocycles. The van der Waals surface area contributed by atoms with Gasteiger partial charge in [0, 0.05) is 21.2 Å². The highest BCUT2D eigenvalue weighted by molar-refractivity contribution is 7.99. The van der Waals surface area contributed by atoms with Crippen LogP contribution in [0.4, 0.5) is 0 Å². The number of benzene rings is 3. The molecule has 5 nitrogen and oxygen atoms in total. The Morgan fingerprint density at radius 1 is 0.733 bits per heavy atom. The van der Waals surface area contributed by atoms with Gasteiger partial charge in [0.25, 0.3) is 0 Å². The number of aromatic amines is 1. The minimum absolute atomic E-state index is 0.580. The van der Waals surface area contributed by atoms with Gasteiger partial charge in [-0.15, -0.1) is 0 Å². The van der Waals surface area contributed by atoms with E-state index in [2.05, 4.69) is 23.2 Å². The maximum Gasteiger partial charge on any atom is 0.203 e. The molecule has 0 amide bonds. The van der Waals surface area contributed by atoms with E-state index in [1.807, 2.05) is 42.5 Å². The fourth-order valence-corrected chi connectivity index (χ4v) is 4.55. The van der Waals surface area contributed by atoms with Crippen molar-refractivity contribution >= 4 is 22.7 Å². The van der Waals surface area contributed by atoms with Crippen LogP contribution < -0.4 is 18.9 Å². The summed E-state index contributed by atoms with van der Waals surface area (Å²) in [4.78, 5) is 5.67. The minimum atomic E-state index is 0.580. The van der Waals surface area contributed by atoms with Gasteiger partial charge in [-0.2, -0.15) is 0 Å². The summed E-state index contributed by atoms with van der Waals surface area (Å²) in [7, 11) is 6.53. The Hall–Kier alpha value is -3.25. The first-order chi connectivity index (χ1) is 14.7. The van der Waals surface area contributed by atoms with Crippen LogP contribution in [0.3, 0.4) is 0 Å². The molecule has 0 radical (unpaired) electrons. The molecule has 0 saturated heterocycles. The highest BCUT2D eigenvalue weighted by Crippen LogP contribution is 2.46. The Labute approximate surface area is 179 Å². The maximum atomic E-state index is 5.53. The smallest absolute Gasteiger partial charge is 0.203 e. The van der Waals surface area contributed by atoms with Gasteiger partial charge in [-0.3, -0.25) is 0 Å². The Balaban J connectivity index is 1.88. The molecule has 1 aromatic heterocycles. The third-order valence-electron chi connectivity index (χ3n) is 4.88. The first-order valence-electron chi connectivity index (χ1n) is 9.41. The van der Waals surface area contributed by atoms with Crippen LogP contribution in [0.1, 0.15) is 0 Å². The van der Waals surface area contributed by atoms with Gasteiger partial charge in [0.05, 0.1) is 39.6 Å². The number of hydrogen-bond acceptors (Lipinski definition) is 5. The van der Waals surface area contributed by atoms with E-state index in [9.17, 15) is 0 Å². The second kappa shape index (κ2) is 8.63. The van der Waals surface area contributed by atoms with Crippen molar-refractivity contribution in [2.75, 3.05) is 28.4 Å². The topological polar surface area (TPSA) is 52.7 Å². The fraction of sp³-hybridized carbons (Fsp3) is 0.167. The van der Waals surface area contributed by atoms with E-state index in [-0.39, 0.29) is 0 Å². The predicted octanol–water partition coefficient (Wildman–Crippen LogP) is 6.02. The third kappa shape index (κ3) is 3.66. The van der Waals surface area contributed by atoms with Crippen LogP contribution in [-0.4, -0.2) is 33.4 Å². The maximum absolute atomic E-state index is 5.53. The molecule has 0 atom stereocenters. The van der Waals surface area contributed by atoms with E-state index >= 15 is 0 Å². The average molecular weight is 422 g/mol. The summed E-state index contributed by atoms with van der Waals surface area (Å²) >= 11 is 1.65. The van der Waals surface area contributed by atoms with E-state index in [4.69, 9.17) is 18.9 Å². The molecule has 0 aliphatic rings. The normalized spacial score (nSPS) is 10.8. The summed E-state index contributed by atoms with van der Waals surface area (Å²) in [6, 6.07) is 20.3. The Bertz CT molecular complexity index is 1150. The van der Waals surface area contributed by atoms with Crippen molar-refractivity contribution in [1.82, 2.24) is 4.98 Å². The van der Waals surface area contributed by atoms with Crippen LogP contribution in [0.25, 0.3) is 22.2 Å². The number of fused-ring (bicyclic) bond motifs is 1.